The van der Waals surface area contributed by atoms with E-state index in [1.807, 2.05) is 17.5 Å². The topological polar surface area (TPSA) is 364 Å². The van der Waals surface area contributed by atoms with Crippen LogP contribution in [0.5, 0.6) is 0 Å². The number of nitrogens with one attached hydrogen (secondary N) is 2. The number of fused-ring (bicyclic) bond motifs is 1. The molecule has 1 aliphatic rings. The van der Waals surface area contributed by atoms with Crippen LogP contribution in [0, 0.1) is 5.41 Å². The average Bonchev–Trinajstić information content (AvgIpc) is 3.88. The van der Waals surface area contributed by atoms with E-state index in [0.29, 0.717) is 12.2 Å². The second-order valence-electron chi connectivity index (χ2n) is 13.2. The molecule has 7 atom stereocenters. The molecule has 2 amide bonds. The Labute approximate surface area is 338 Å². The number of aromatic nitrogens is 4. The van der Waals surface area contributed by atoms with Crippen molar-refractivity contribution in [1.82, 2.24) is 30.2 Å². The molecule has 10 N–H and O–H groups in total. The molecule has 24 nitrogen and oxygen atoms in total. The van der Waals surface area contributed by atoms with Gasteiger partial charge in [-0.15, -0.1) is 11.3 Å². The summed E-state index contributed by atoms with van der Waals surface area (Å²) in [5.74, 6) is -1.07. The SMILES string of the molecule is CC(C)(COP(=O)(O)OP(=O)(O)OCC1OC(n2cnc3c(N)ncnc32)C(O)C1OP(=O)(O)O)C(O)C(=O)NCCC(=O)NCCSC(=O)CCCc1cccs1. The van der Waals surface area contributed by atoms with E-state index < -0.39 is 84.6 Å². The molecule has 324 valence electrons. The maximum atomic E-state index is 12.7. The first-order valence-electron chi connectivity index (χ1n) is 17.1. The van der Waals surface area contributed by atoms with Crippen LogP contribution in [0.15, 0.2) is 30.2 Å². The molecule has 3 aromatic rings. The summed E-state index contributed by atoms with van der Waals surface area (Å²) in [4.78, 5) is 89.0. The summed E-state index contributed by atoms with van der Waals surface area (Å²) in [5.41, 5.74) is 4.27. The summed E-state index contributed by atoms with van der Waals surface area (Å²) in [6.45, 7) is 0.521. The molecule has 4 heterocycles. The van der Waals surface area contributed by atoms with Crippen molar-refractivity contribution in [2.45, 2.75) is 70.2 Å². The number of carbonyl (C=O) groups excluding carboxylic acids is 3. The Morgan fingerprint density at radius 3 is 2.48 bits per heavy atom. The molecule has 7 unspecified atom stereocenters. The van der Waals surface area contributed by atoms with Crippen LogP contribution in [0.2, 0.25) is 0 Å². The molecule has 0 aliphatic carbocycles. The number of hydrogen-bond acceptors (Lipinski definition) is 19. The van der Waals surface area contributed by atoms with E-state index in [9.17, 15) is 57.9 Å². The zero-order valence-corrected chi connectivity index (χ0v) is 35.2. The zero-order valence-electron chi connectivity index (χ0n) is 30.8. The number of nitrogens with zero attached hydrogens (tertiary/aromatic N) is 4. The number of carbonyl (C=O) groups is 3. The number of anilines is 1. The predicted octanol–water partition coefficient (Wildman–Crippen LogP) is 0.749. The summed E-state index contributed by atoms with van der Waals surface area (Å²) in [6.07, 6.45) is -4.93. The standard InChI is InChI=1S/C29H44N7O17P3S2/c1-29(2,24(40)27(41)32-9-8-19(37)31-10-12-58-20(38)7-3-5-17-6-4-11-57-17)14-50-56(47,48)53-55(45,46)49-13-18-23(52-54(42,43)44)22(39)28(51-18)36-16-35-21-25(30)33-15-34-26(21)36/h4,6,11,15-16,18,22-24,28,39-40H,3,5,7-10,12-14H2,1-2H3,(H,31,37)(H,32,41)(H,45,46)(H,47,48)(H2,30,33,34)(H2,42,43,44). The molecule has 58 heavy (non-hydrogen) atoms. The van der Waals surface area contributed by atoms with Gasteiger partial charge in [-0.3, -0.25) is 32.5 Å². The number of amides is 2. The van der Waals surface area contributed by atoms with Gasteiger partial charge in [-0.1, -0.05) is 31.7 Å². The van der Waals surface area contributed by atoms with Crippen molar-refractivity contribution >= 4 is 80.5 Å². The van der Waals surface area contributed by atoms with Gasteiger partial charge in [0.15, 0.2) is 22.8 Å². The first-order valence-corrected chi connectivity index (χ1v) is 23.5. The van der Waals surface area contributed by atoms with E-state index in [1.165, 1.54) is 18.7 Å². The number of thiophene rings is 1. The summed E-state index contributed by atoms with van der Waals surface area (Å²) in [6, 6.07) is 3.96. The number of aryl methyl sites for hydroxylation is 1. The van der Waals surface area contributed by atoms with Crippen molar-refractivity contribution in [1.29, 1.82) is 0 Å². The maximum Gasteiger partial charge on any atom is 0.481 e. The number of ether oxygens (including phenoxy) is 1. The Morgan fingerprint density at radius 2 is 1.79 bits per heavy atom. The average molecular weight is 920 g/mol. The molecule has 29 heteroatoms. The first-order chi connectivity index (χ1) is 27.1. The lowest BCUT2D eigenvalue weighted by Gasteiger charge is -2.30. The van der Waals surface area contributed by atoms with Gasteiger partial charge in [0.1, 0.15) is 36.3 Å². The highest BCUT2D eigenvalue weighted by Crippen LogP contribution is 2.61. The van der Waals surface area contributed by atoms with E-state index in [1.54, 1.807) is 11.3 Å². The van der Waals surface area contributed by atoms with Crippen molar-refractivity contribution in [3.63, 3.8) is 0 Å². The van der Waals surface area contributed by atoms with Crippen molar-refractivity contribution in [2.24, 2.45) is 5.41 Å². The third kappa shape index (κ3) is 14.5. The quantitative estimate of drug-likeness (QED) is 0.0468. The molecule has 1 saturated heterocycles. The van der Waals surface area contributed by atoms with Crippen LogP contribution in [0.4, 0.5) is 5.82 Å². The maximum absolute atomic E-state index is 12.7. The van der Waals surface area contributed by atoms with Crippen molar-refractivity contribution in [3.05, 3.63) is 35.0 Å². The molecule has 1 aliphatic heterocycles. The van der Waals surface area contributed by atoms with Crippen LogP contribution in [0.3, 0.4) is 0 Å². The number of aliphatic hydroxyl groups is 2. The number of thioether (sulfide) groups is 1. The number of phosphoric ester groups is 3. The van der Waals surface area contributed by atoms with Gasteiger partial charge in [0.05, 0.1) is 19.5 Å². The van der Waals surface area contributed by atoms with Crippen LogP contribution in [0.1, 0.15) is 44.2 Å². The third-order valence-electron chi connectivity index (χ3n) is 8.15. The van der Waals surface area contributed by atoms with Crippen LogP contribution >= 0.6 is 46.6 Å². The number of imidazole rings is 1. The Hall–Kier alpha value is -2.74. The fourth-order valence-electron chi connectivity index (χ4n) is 5.23. The van der Waals surface area contributed by atoms with Crippen molar-refractivity contribution in [2.75, 3.05) is 37.8 Å². The second-order valence-corrected chi connectivity index (χ2v) is 19.6. The Kier molecular flexibility index (Phi) is 17.1. The highest BCUT2D eigenvalue weighted by Gasteiger charge is 2.50. The van der Waals surface area contributed by atoms with Gasteiger partial charge in [-0.25, -0.2) is 28.6 Å². The van der Waals surface area contributed by atoms with Crippen molar-refractivity contribution < 1.29 is 80.5 Å². The van der Waals surface area contributed by atoms with Gasteiger partial charge in [0.25, 0.3) is 0 Å². The lowest BCUT2D eigenvalue weighted by molar-refractivity contribution is -0.137. The zero-order chi connectivity index (χ0) is 42.9. The molecule has 0 bridgehead atoms. The summed E-state index contributed by atoms with van der Waals surface area (Å²) in [7, 11) is -16.4. The molecule has 1 fully saturated rings. The lowest BCUT2D eigenvalue weighted by atomic mass is 9.87. The monoisotopic (exact) mass is 919 g/mol. The summed E-state index contributed by atoms with van der Waals surface area (Å²) < 4.78 is 62.2. The third-order valence-corrected chi connectivity index (χ3v) is 13.1. The predicted molar refractivity (Wildman–Crippen MR) is 204 cm³/mol. The highest BCUT2D eigenvalue weighted by atomic mass is 32.2. The fraction of sp³-hybridized carbons (Fsp3) is 0.586. The molecule has 0 saturated carbocycles. The Balaban J connectivity index is 1.19. The van der Waals surface area contributed by atoms with E-state index >= 15 is 0 Å². The van der Waals surface area contributed by atoms with Crippen LogP contribution in [0.25, 0.3) is 11.2 Å². The second kappa shape index (κ2) is 20.7. The number of rotatable bonds is 23. The van der Waals surface area contributed by atoms with E-state index in [-0.39, 0.29) is 41.6 Å². The van der Waals surface area contributed by atoms with Gasteiger partial charge in [-0.05, 0) is 24.3 Å². The normalized spacial score (nSPS) is 21.3. The number of phosphoric acid groups is 3. The summed E-state index contributed by atoms with van der Waals surface area (Å²) >= 11 is 2.74. The molecule has 3 aromatic heterocycles. The highest BCUT2D eigenvalue weighted by molar-refractivity contribution is 8.13. The smallest absolute Gasteiger partial charge is 0.386 e. The van der Waals surface area contributed by atoms with E-state index in [2.05, 4.69) is 34.4 Å². The van der Waals surface area contributed by atoms with Crippen LogP contribution in [-0.4, -0.2) is 123 Å². The van der Waals surface area contributed by atoms with Crippen LogP contribution < -0.4 is 16.4 Å². The minimum absolute atomic E-state index is 0.0164. The van der Waals surface area contributed by atoms with Gasteiger partial charge in [-0.2, -0.15) is 4.31 Å². The molecule has 0 aromatic carbocycles. The van der Waals surface area contributed by atoms with Gasteiger partial charge in [0.2, 0.25) is 11.8 Å². The van der Waals surface area contributed by atoms with E-state index in [0.717, 1.165) is 41.8 Å². The lowest BCUT2D eigenvalue weighted by Crippen LogP contribution is -2.46. The first kappa shape index (κ1) is 47.9. The van der Waals surface area contributed by atoms with Crippen molar-refractivity contribution in [3.8, 4) is 0 Å². The van der Waals surface area contributed by atoms with Gasteiger partial charge >= 0.3 is 23.5 Å². The molecule has 0 spiro atoms. The van der Waals surface area contributed by atoms with Gasteiger partial charge < -0.3 is 50.9 Å². The molecule has 4 rings (SSSR count). The largest absolute Gasteiger partial charge is 0.481 e. The Morgan fingerprint density at radius 1 is 1.07 bits per heavy atom. The van der Waals surface area contributed by atoms with Crippen LogP contribution in [-0.2, 0) is 57.1 Å². The Bertz CT molecular complexity index is 2020. The van der Waals surface area contributed by atoms with Gasteiger partial charge in [0, 0.05) is 42.0 Å². The minimum atomic E-state index is -5.57. The minimum Gasteiger partial charge on any atom is -0.386 e. The number of hydrogen-bond donors (Lipinski definition) is 9. The number of nitrogen functional groups attached to an aromatic ring is 1. The fourth-order valence-corrected chi connectivity index (χ4v) is 9.53. The number of aliphatic hydroxyl groups excluding tert-OH is 2. The molecular weight excluding hydrogens is 875 g/mol. The molecule has 0 radical (unpaired) electrons. The number of nitrogens with two attached hydrogens (primary N) is 1. The molecular formula is C29H44N7O17P3S2. The summed E-state index contributed by atoms with van der Waals surface area (Å²) in [5, 5.41) is 28.4. The van der Waals surface area contributed by atoms with E-state index in [4.69, 9.17) is 19.5 Å².